The molecule has 5 nitrogen and oxygen atoms in total. The van der Waals surface area contributed by atoms with E-state index in [0.717, 1.165) is 46.2 Å². The number of Topliss-reactive ketones (excluding diaryl/α,β-unsaturated/α-hetero) is 1. The van der Waals surface area contributed by atoms with Crippen LogP contribution in [0.2, 0.25) is 0 Å². The number of hydrogen-bond acceptors (Lipinski definition) is 4. The lowest BCUT2D eigenvalue weighted by Crippen LogP contribution is -2.07. The average molecular weight is 382 g/mol. The number of carbonyl (C=O) groups is 1. The second-order valence-electron chi connectivity index (χ2n) is 7.90. The van der Waals surface area contributed by atoms with Gasteiger partial charge in [0.1, 0.15) is 0 Å². The molecule has 4 aromatic rings. The monoisotopic (exact) mass is 382 g/mol. The summed E-state index contributed by atoms with van der Waals surface area (Å²) >= 11 is 0. The van der Waals surface area contributed by atoms with Crippen LogP contribution < -0.4 is 0 Å². The van der Waals surface area contributed by atoms with Gasteiger partial charge in [-0.25, -0.2) is 0 Å². The van der Waals surface area contributed by atoms with E-state index >= 15 is 0 Å². The molecule has 1 aliphatic heterocycles. The number of aryl methyl sites for hydroxylation is 1. The Balaban J connectivity index is 1.41. The molecule has 0 bridgehead atoms. The van der Waals surface area contributed by atoms with Crippen LogP contribution >= 0.6 is 0 Å². The van der Waals surface area contributed by atoms with E-state index in [4.69, 9.17) is 0 Å². The van der Waals surface area contributed by atoms with Crippen molar-refractivity contribution in [2.24, 2.45) is 7.05 Å². The van der Waals surface area contributed by atoms with E-state index in [2.05, 4.69) is 46.3 Å². The maximum atomic E-state index is 12.9. The van der Waals surface area contributed by atoms with Gasteiger partial charge in [0.05, 0.1) is 12.6 Å². The van der Waals surface area contributed by atoms with Gasteiger partial charge in [0.2, 0.25) is 0 Å². The molecule has 29 heavy (non-hydrogen) atoms. The second-order valence-corrected chi connectivity index (χ2v) is 7.90. The number of pyridine rings is 1. The number of carbonyl (C=O) groups excluding carboxylic acids is 1. The highest BCUT2D eigenvalue weighted by molar-refractivity contribution is 5.98. The average Bonchev–Trinajstić information content (AvgIpc) is 3.31. The Morgan fingerprint density at radius 1 is 0.931 bits per heavy atom. The van der Waals surface area contributed by atoms with Crippen LogP contribution in [0.3, 0.4) is 0 Å². The zero-order chi connectivity index (χ0) is 20.0. The first-order chi connectivity index (χ1) is 14.0. The van der Waals surface area contributed by atoms with Gasteiger partial charge in [-0.3, -0.25) is 19.4 Å². The first-order valence-corrected chi connectivity index (χ1v) is 9.76. The minimum Gasteiger partial charge on any atom is -0.298 e. The fraction of sp³-hybridized carbons (Fsp3) is 0.208. The van der Waals surface area contributed by atoms with Gasteiger partial charge < -0.3 is 0 Å². The number of aromatic nitrogens is 3. The van der Waals surface area contributed by atoms with Crippen LogP contribution in [0, 0.1) is 0 Å². The summed E-state index contributed by atoms with van der Waals surface area (Å²) in [5.41, 5.74) is 6.32. The molecule has 0 atom stereocenters. The number of fused-ring (bicyclic) bond motifs is 2. The van der Waals surface area contributed by atoms with E-state index < -0.39 is 0 Å². The zero-order valence-corrected chi connectivity index (χ0v) is 16.6. The summed E-state index contributed by atoms with van der Waals surface area (Å²) in [7, 11) is 4.01. The zero-order valence-electron chi connectivity index (χ0n) is 16.6. The van der Waals surface area contributed by atoms with Crippen LogP contribution in [0.15, 0.2) is 61.1 Å². The van der Waals surface area contributed by atoms with Crippen molar-refractivity contribution < 1.29 is 4.79 Å². The maximum Gasteiger partial charge on any atom is 0.168 e. The highest BCUT2D eigenvalue weighted by Crippen LogP contribution is 2.25. The molecule has 5 heteroatoms. The van der Waals surface area contributed by atoms with Gasteiger partial charge >= 0.3 is 0 Å². The predicted octanol–water partition coefficient (Wildman–Crippen LogP) is 4.01. The Morgan fingerprint density at radius 2 is 1.79 bits per heavy atom. The van der Waals surface area contributed by atoms with Crippen LogP contribution in [0.5, 0.6) is 0 Å². The lowest BCUT2D eigenvalue weighted by Gasteiger charge is -2.06. The molecule has 3 heterocycles. The van der Waals surface area contributed by atoms with Crippen molar-refractivity contribution in [3.63, 3.8) is 0 Å². The Bertz CT molecular complexity index is 1240. The van der Waals surface area contributed by atoms with E-state index in [1.807, 2.05) is 43.8 Å². The Hall–Kier alpha value is -3.31. The van der Waals surface area contributed by atoms with Gasteiger partial charge in [-0.1, -0.05) is 24.3 Å². The largest absolute Gasteiger partial charge is 0.298 e. The quantitative estimate of drug-likeness (QED) is 0.501. The molecule has 0 spiro atoms. The molecule has 2 aromatic carbocycles. The molecule has 5 rings (SSSR count). The fourth-order valence-electron chi connectivity index (χ4n) is 4.04. The van der Waals surface area contributed by atoms with Crippen LogP contribution in [-0.4, -0.2) is 32.5 Å². The molecule has 1 aliphatic rings. The normalized spacial score (nSPS) is 13.7. The van der Waals surface area contributed by atoms with Crippen LogP contribution in [0.4, 0.5) is 0 Å². The number of benzene rings is 2. The number of rotatable bonds is 4. The van der Waals surface area contributed by atoms with Crippen molar-refractivity contribution in [3.8, 4) is 11.1 Å². The molecule has 0 aliphatic carbocycles. The summed E-state index contributed by atoms with van der Waals surface area (Å²) in [4.78, 5) is 19.6. The highest BCUT2D eigenvalue weighted by Gasteiger charge is 2.18. The fourth-order valence-corrected chi connectivity index (χ4v) is 4.04. The minimum absolute atomic E-state index is 0.109. The van der Waals surface area contributed by atoms with E-state index in [1.165, 1.54) is 11.1 Å². The van der Waals surface area contributed by atoms with Crippen molar-refractivity contribution in [2.75, 3.05) is 7.05 Å². The van der Waals surface area contributed by atoms with Gasteiger partial charge in [0, 0.05) is 54.7 Å². The van der Waals surface area contributed by atoms with Crippen molar-refractivity contribution in [1.82, 2.24) is 19.7 Å². The molecule has 0 unspecified atom stereocenters. The molecule has 144 valence electrons. The first kappa shape index (κ1) is 17.8. The van der Waals surface area contributed by atoms with E-state index in [1.54, 1.807) is 4.68 Å². The molecule has 0 radical (unpaired) electrons. The molecular formula is C24H22N4O. The molecule has 0 N–H and O–H groups in total. The van der Waals surface area contributed by atoms with E-state index in [9.17, 15) is 4.79 Å². The predicted molar refractivity (Wildman–Crippen MR) is 114 cm³/mol. The van der Waals surface area contributed by atoms with E-state index in [-0.39, 0.29) is 5.78 Å². The number of ketones is 1. The molecule has 2 aromatic heterocycles. The minimum atomic E-state index is 0.109. The van der Waals surface area contributed by atoms with Gasteiger partial charge in [0.25, 0.3) is 0 Å². The summed E-state index contributed by atoms with van der Waals surface area (Å²) in [5.74, 6) is 0.109. The molecule has 0 amide bonds. The van der Waals surface area contributed by atoms with Gasteiger partial charge in [-0.2, -0.15) is 5.10 Å². The molecule has 0 fully saturated rings. The molecular weight excluding hydrogens is 360 g/mol. The molecule has 0 saturated heterocycles. The smallest absolute Gasteiger partial charge is 0.168 e. The third kappa shape index (κ3) is 3.45. The van der Waals surface area contributed by atoms with Crippen molar-refractivity contribution >= 4 is 16.6 Å². The lowest BCUT2D eigenvalue weighted by molar-refractivity contribution is 0.0992. The summed E-state index contributed by atoms with van der Waals surface area (Å²) in [6.07, 6.45) is 6.01. The number of nitrogens with zero attached hydrogens (tertiary/aromatic N) is 4. The van der Waals surface area contributed by atoms with Crippen LogP contribution in [0.25, 0.3) is 21.9 Å². The Labute approximate surface area is 169 Å². The van der Waals surface area contributed by atoms with Gasteiger partial charge in [-0.05, 0) is 47.3 Å². The van der Waals surface area contributed by atoms with Crippen molar-refractivity contribution in [2.45, 2.75) is 19.5 Å². The first-order valence-electron chi connectivity index (χ1n) is 9.76. The standard InChI is InChI=1S/C24H22N4O/c1-27-13-19-6-4-17(8-21(19)14-27)24(29)10-23-9-20-7-16(3-5-18(20)11-25-23)22-12-26-28(2)15-22/h3-9,11-12,15H,10,13-14H2,1-2H3. The van der Waals surface area contributed by atoms with Gasteiger partial charge in [0.15, 0.2) is 5.78 Å². The van der Waals surface area contributed by atoms with E-state index in [0.29, 0.717) is 6.42 Å². The van der Waals surface area contributed by atoms with Gasteiger partial charge in [-0.15, -0.1) is 0 Å². The Kier molecular flexibility index (Phi) is 4.25. The maximum absolute atomic E-state index is 12.9. The topological polar surface area (TPSA) is 51.0 Å². The lowest BCUT2D eigenvalue weighted by atomic mass is 10.00. The van der Waals surface area contributed by atoms with Crippen molar-refractivity contribution in [1.29, 1.82) is 0 Å². The summed E-state index contributed by atoms with van der Waals surface area (Å²) in [5, 5.41) is 6.40. The van der Waals surface area contributed by atoms with Crippen LogP contribution in [-0.2, 0) is 26.6 Å². The molecule has 0 saturated carbocycles. The third-order valence-electron chi connectivity index (χ3n) is 5.57. The number of hydrogen-bond donors (Lipinski definition) is 0. The SMILES string of the molecule is CN1Cc2ccc(C(=O)Cc3cc4cc(-c5cnn(C)c5)ccc4cn3)cc2C1. The van der Waals surface area contributed by atoms with Crippen molar-refractivity contribution in [3.05, 3.63) is 83.4 Å². The second kappa shape index (κ2) is 6.94. The third-order valence-corrected chi connectivity index (χ3v) is 5.57. The highest BCUT2D eigenvalue weighted by atomic mass is 16.1. The van der Waals surface area contributed by atoms with Crippen LogP contribution in [0.1, 0.15) is 27.2 Å². The Morgan fingerprint density at radius 3 is 2.62 bits per heavy atom. The summed E-state index contributed by atoms with van der Waals surface area (Å²) in [6, 6.07) is 14.4. The summed E-state index contributed by atoms with van der Waals surface area (Å²) in [6.45, 7) is 1.86. The summed E-state index contributed by atoms with van der Waals surface area (Å²) < 4.78 is 1.80.